The van der Waals surface area contributed by atoms with Crippen molar-refractivity contribution in [3.63, 3.8) is 0 Å². The van der Waals surface area contributed by atoms with Gasteiger partial charge in [0.15, 0.2) is 0 Å². The van der Waals surface area contributed by atoms with Gasteiger partial charge in [0.25, 0.3) is 5.56 Å². The van der Waals surface area contributed by atoms with Crippen molar-refractivity contribution in [2.24, 2.45) is 0 Å². The largest absolute Gasteiger partial charge is 0.497 e. The number of hydrogen-bond acceptors (Lipinski definition) is 6. The van der Waals surface area contributed by atoms with Gasteiger partial charge in [0, 0.05) is 5.54 Å². The number of nitrogens with zero attached hydrogens (tertiary/aromatic N) is 3. The highest BCUT2D eigenvalue weighted by Gasteiger charge is 2.41. The number of ether oxygens (including phenoxy) is 1. The van der Waals surface area contributed by atoms with Crippen molar-refractivity contribution in [1.82, 2.24) is 13.9 Å². The van der Waals surface area contributed by atoms with Crippen molar-refractivity contribution in [2.75, 3.05) is 7.11 Å². The van der Waals surface area contributed by atoms with E-state index in [2.05, 4.69) is 4.72 Å². The van der Waals surface area contributed by atoms with Crippen molar-refractivity contribution >= 4 is 20.9 Å². The summed E-state index contributed by atoms with van der Waals surface area (Å²) < 4.78 is 35.7. The fraction of sp³-hybridized carbons (Fsp3) is 0.318. The van der Waals surface area contributed by atoms with E-state index in [0.29, 0.717) is 5.75 Å². The molecule has 2 aromatic carbocycles. The molecule has 1 N–H and O–H groups in total. The smallest absolute Gasteiger partial charge is 0.332 e. The molecule has 1 heterocycles. The minimum Gasteiger partial charge on any atom is -0.497 e. The zero-order valence-electron chi connectivity index (χ0n) is 17.7. The highest BCUT2D eigenvalue weighted by molar-refractivity contribution is 7.89. The Bertz CT molecular complexity index is 1480. The molecule has 0 atom stereocenters. The topological polar surface area (TPSA) is 123 Å². The molecular weight excluding hydrogens is 432 g/mol. The molecule has 0 spiro atoms. The van der Waals surface area contributed by atoms with Crippen molar-refractivity contribution in [2.45, 2.75) is 43.3 Å². The SMILES string of the molecule is COc1cccc(Cn2c(=O)n(CC#N)c(=O)c3cc(S(=O)(=O)NC4(C)CC4)ccc32)c1. The Hall–Kier alpha value is -3.42. The maximum Gasteiger partial charge on any atom is 0.332 e. The van der Waals surface area contributed by atoms with Crippen LogP contribution in [0.5, 0.6) is 5.75 Å². The third kappa shape index (κ3) is 4.04. The lowest BCUT2D eigenvalue weighted by Gasteiger charge is -2.16. The van der Waals surface area contributed by atoms with E-state index in [1.807, 2.05) is 13.0 Å². The van der Waals surface area contributed by atoms with Gasteiger partial charge in [-0.2, -0.15) is 5.26 Å². The van der Waals surface area contributed by atoms with Crippen LogP contribution in [-0.4, -0.2) is 30.2 Å². The van der Waals surface area contributed by atoms with Crippen molar-refractivity contribution in [3.05, 3.63) is 68.9 Å². The molecule has 4 rings (SSSR count). The fourth-order valence-electron chi connectivity index (χ4n) is 3.56. The Labute approximate surface area is 184 Å². The van der Waals surface area contributed by atoms with Gasteiger partial charge in [0.05, 0.1) is 35.5 Å². The molecule has 166 valence electrons. The van der Waals surface area contributed by atoms with Crippen LogP contribution in [0, 0.1) is 11.3 Å². The second kappa shape index (κ2) is 7.93. The predicted molar refractivity (Wildman–Crippen MR) is 118 cm³/mol. The molecule has 1 aromatic heterocycles. The first-order valence-corrected chi connectivity index (χ1v) is 11.5. The molecule has 1 fully saturated rings. The summed E-state index contributed by atoms with van der Waals surface area (Å²) in [5, 5.41) is 9.18. The lowest BCUT2D eigenvalue weighted by molar-refractivity contribution is 0.414. The van der Waals surface area contributed by atoms with E-state index < -0.39 is 33.4 Å². The minimum atomic E-state index is -3.85. The Balaban J connectivity index is 1.90. The molecule has 0 radical (unpaired) electrons. The van der Waals surface area contributed by atoms with E-state index in [1.165, 1.54) is 29.9 Å². The first kappa shape index (κ1) is 21.8. The van der Waals surface area contributed by atoms with Crippen LogP contribution in [0.25, 0.3) is 10.9 Å². The summed E-state index contributed by atoms with van der Waals surface area (Å²) >= 11 is 0. The molecule has 0 unspecified atom stereocenters. The van der Waals surface area contributed by atoms with Crippen molar-refractivity contribution in [1.29, 1.82) is 5.26 Å². The van der Waals surface area contributed by atoms with Crippen LogP contribution in [0.15, 0.2) is 56.9 Å². The summed E-state index contributed by atoms with van der Waals surface area (Å²) in [7, 11) is -2.31. The van der Waals surface area contributed by atoms with Gasteiger partial charge in [-0.15, -0.1) is 0 Å². The van der Waals surface area contributed by atoms with E-state index in [4.69, 9.17) is 10.00 Å². The van der Waals surface area contributed by atoms with Crippen molar-refractivity contribution in [3.8, 4) is 11.8 Å². The third-order valence-corrected chi connectivity index (χ3v) is 7.23. The number of nitriles is 1. The van der Waals surface area contributed by atoms with Crippen LogP contribution in [0.1, 0.15) is 25.3 Å². The summed E-state index contributed by atoms with van der Waals surface area (Å²) in [5.41, 5.74) is -0.794. The molecule has 9 nitrogen and oxygen atoms in total. The Kier molecular flexibility index (Phi) is 5.40. The number of methoxy groups -OCH3 is 1. The van der Waals surface area contributed by atoms with Crippen LogP contribution in [0.4, 0.5) is 0 Å². The number of benzene rings is 2. The van der Waals surface area contributed by atoms with Crippen LogP contribution in [0.2, 0.25) is 0 Å². The van der Waals surface area contributed by atoms with Crippen molar-refractivity contribution < 1.29 is 13.2 Å². The van der Waals surface area contributed by atoms with Crippen LogP contribution < -0.4 is 20.7 Å². The lowest BCUT2D eigenvalue weighted by atomic mass is 10.2. The van der Waals surface area contributed by atoms with Crippen LogP contribution >= 0.6 is 0 Å². The second-order valence-electron chi connectivity index (χ2n) is 8.11. The highest BCUT2D eigenvalue weighted by Crippen LogP contribution is 2.36. The Morgan fingerprint density at radius 2 is 1.91 bits per heavy atom. The molecule has 3 aromatic rings. The van der Waals surface area contributed by atoms with Crippen LogP contribution in [-0.2, 0) is 23.1 Å². The van der Waals surface area contributed by atoms with Gasteiger partial charge in [-0.05, 0) is 55.7 Å². The van der Waals surface area contributed by atoms with Gasteiger partial charge in [-0.3, -0.25) is 9.36 Å². The molecule has 0 bridgehead atoms. The highest BCUT2D eigenvalue weighted by atomic mass is 32.2. The van der Waals surface area contributed by atoms with E-state index in [-0.39, 0.29) is 22.3 Å². The predicted octanol–water partition coefficient (Wildman–Crippen LogP) is 1.57. The maximum atomic E-state index is 13.0. The number of aromatic nitrogens is 2. The van der Waals surface area contributed by atoms with E-state index >= 15 is 0 Å². The average molecular weight is 455 g/mol. The second-order valence-corrected chi connectivity index (χ2v) is 9.80. The fourth-order valence-corrected chi connectivity index (χ4v) is 5.05. The normalized spacial score (nSPS) is 14.8. The van der Waals surface area contributed by atoms with Crippen LogP contribution in [0.3, 0.4) is 0 Å². The van der Waals surface area contributed by atoms with E-state index in [1.54, 1.807) is 24.3 Å². The average Bonchev–Trinajstić information content (AvgIpc) is 3.49. The molecule has 1 saturated carbocycles. The van der Waals surface area contributed by atoms with Gasteiger partial charge < -0.3 is 4.74 Å². The van der Waals surface area contributed by atoms with Gasteiger partial charge in [0.1, 0.15) is 12.3 Å². The molecule has 0 aliphatic heterocycles. The van der Waals surface area contributed by atoms with E-state index in [0.717, 1.165) is 23.0 Å². The number of nitrogens with one attached hydrogen (secondary N) is 1. The molecule has 0 saturated heterocycles. The van der Waals surface area contributed by atoms with Gasteiger partial charge in [0.2, 0.25) is 10.0 Å². The summed E-state index contributed by atoms with van der Waals surface area (Å²) in [4.78, 5) is 26.0. The van der Waals surface area contributed by atoms with Gasteiger partial charge in [-0.1, -0.05) is 12.1 Å². The molecule has 1 aliphatic rings. The summed E-state index contributed by atoms with van der Waals surface area (Å²) in [6.07, 6.45) is 1.49. The number of sulfonamides is 1. The minimum absolute atomic E-state index is 0.0478. The van der Waals surface area contributed by atoms with Gasteiger partial charge in [-0.25, -0.2) is 22.5 Å². The maximum absolute atomic E-state index is 13.0. The molecule has 10 heteroatoms. The zero-order valence-corrected chi connectivity index (χ0v) is 18.5. The monoisotopic (exact) mass is 454 g/mol. The number of rotatable bonds is 7. The molecule has 32 heavy (non-hydrogen) atoms. The summed E-state index contributed by atoms with van der Waals surface area (Å²) in [6, 6.07) is 13.0. The Morgan fingerprint density at radius 1 is 1.16 bits per heavy atom. The van der Waals surface area contributed by atoms with Gasteiger partial charge >= 0.3 is 5.69 Å². The Morgan fingerprint density at radius 3 is 2.56 bits per heavy atom. The lowest BCUT2D eigenvalue weighted by Crippen LogP contribution is -2.40. The standard InChI is InChI=1S/C22H22N4O5S/c1-22(8-9-22)24-32(29,30)17-6-7-19-18(13-17)20(27)25(11-10-23)21(28)26(19)14-15-4-3-5-16(12-15)31-2/h3-7,12-13,24H,8-9,11,14H2,1-2H3. The first-order valence-electron chi connectivity index (χ1n) is 9.99. The summed E-state index contributed by atoms with van der Waals surface area (Å²) in [6.45, 7) is 1.48. The molecular formula is C22H22N4O5S. The quantitative estimate of drug-likeness (QED) is 0.578. The summed E-state index contributed by atoms with van der Waals surface area (Å²) in [5.74, 6) is 0.609. The number of hydrogen-bond donors (Lipinski definition) is 1. The zero-order chi connectivity index (χ0) is 23.1. The molecule has 1 aliphatic carbocycles. The molecule has 0 amide bonds. The number of fused-ring (bicyclic) bond motifs is 1. The first-order chi connectivity index (χ1) is 15.2. The third-order valence-electron chi connectivity index (χ3n) is 5.59. The van der Waals surface area contributed by atoms with E-state index in [9.17, 15) is 18.0 Å².